The fourth-order valence-corrected chi connectivity index (χ4v) is 3.00. The minimum absolute atomic E-state index is 0.203. The number of aliphatic hydroxyl groups excluding tert-OH is 1. The summed E-state index contributed by atoms with van der Waals surface area (Å²) in [5.74, 6) is -0.203. The molecule has 1 aromatic heterocycles. The maximum Gasteiger partial charge on any atom is 0.254 e. The summed E-state index contributed by atoms with van der Waals surface area (Å²) in [7, 11) is 0. The van der Waals surface area contributed by atoms with E-state index in [0.29, 0.717) is 16.1 Å². The zero-order chi connectivity index (χ0) is 17.3. The highest BCUT2D eigenvalue weighted by Gasteiger charge is 2.22. The number of aryl methyl sites for hydroxylation is 1. The molecule has 2 aromatic carbocycles. The summed E-state index contributed by atoms with van der Waals surface area (Å²) in [5.41, 5.74) is 3.05. The number of halogens is 1. The number of hydrogen-bond acceptors (Lipinski definition) is 2. The molecule has 24 heavy (non-hydrogen) atoms. The van der Waals surface area contributed by atoms with Crippen LogP contribution in [0.2, 0.25) is 5.02 Å². The normalized spacial score (nSPS) is 13.7. The van der Waals surface area contributed by atoms with Crippen LogP contribution in [0, 0.1) is 6.92 Å². The number of carbonyl (C=O) groups is 1. The van der Waals surface area contributed by atoms with Crippen molar-refractivity contribution >= 4 is 28.4 Å². The number of hydrogen-bond donors (Lipinski definition) is 3. The molecule has 0 saturated heterocycles. The molecule has 0 fully saturated rings. The molecule has 0 aliphatic heterocycles. The van der Waals surface area contributed by atoms with E-state index in [4.69, 9.17) is 11.6 Å². The highest BCUT2D eigenvalue weighted by Crippen LogP contribution is 2.23. The fourth-order valence-electron chi connectivity index (χ4n) is 2.88. The lowest BCUT2D eigenvalue weighted by Crippen LogP contribution is -2.37. The van der Waals surface area contributed by atoms with Crippen LogP contribution in [0.15, 0.2) is 48.5 Å². The number of aromatic amines is 1. The molecule has 2 unspecified atom stereocenters. The predicted molar refractivity (Wildman–Crippen MR) is 96.4 cm³/mol. The summed E-state index contributed by atoms with van der Waals surface area (Å²) in [6.07, 6.45) is -0.809. The predicted octanol–water partition coefficient (Wildman–Crippen LogP) is 3.98. The Morgan fingerprint density at radius 2 is 1.83 bits per heavy atom. The summed E-state index contributed by atoms with van der Waals surface area (Å²) in [4.78, 5) is 15.9. The molecule has 3 rings (SSSR count). The smallest absolute Gasteiger partial charge is 0.254 e. The van der Waals surface area contributed by atoms with Crippen molar-refractivity contribution in [1.82, 2.24) is 10.3 Å². The van der Waals surface area contributed by atoms with Crippen LogP contribution in [0.4, 0.5) is 0 Å². The molecule has 1 amide bonds. The largest absolute Gasteiger partial charge is 0.386 e. The van der Waals surface area contributed by atoms with E-state index in [1.165, 1.54) is 0 Å². The molecule has 0 aliphatic rings. The third-order valence-electron chi connectivity index (χ3n) is 4.16. The number of aliphatic hydroxyl groups is 1. The van der Waals surface area contributed by atoms with Gasteiger partial charge in [-0.15, -0.1) is 0 Å². The van der Waals surface area contributed by atoms with Gasteiger partial charge in [-0.1, -0.05) is 41.9 Å². The van der Waals surface area contributed by atoms with Crippen molar-refractivity contribution in [3.8, 4) is 0 Å². The topological polar surface area (TPSA) is 65.1 Å². The van der Waals surface area contributed by atoms with Crippen molar-refractivity contribution in [3.05, 3.63) is 70.4 Å². The second-order valence-electron chi connectivity index (χ2n) is 5.93. The summed E-state index contributed by atoms with van der Waals surface area (Å²) >= 11 is 5.87. The quantitative estimate of drug-likeness (QED) is 0.671. The highest BCUT2D eigenvalue weighted by atomic mass is 35.5. The van der Waals surface area contributed by atoms with Crippen LogP contribution >= 0.6 is 11.6 Å². The minimum Gasteiger partial charge on any atom is -0.386 e. The summed E-state index contributed by atoms with van der Waals surface area (Å²) in [6, 6.07) is 14.2. The Balaban J connectivity index is 1.80. The van der Waals surface area contributed by atoms with Crippen LogP contribution in [-0.2, 0) is 0 Å². The Hall–Kier alpha value is -2.30. The first-order valence-electron chi connectivity index (χ1n) is 7.79. The van der Waals surface area contributed by atoms with Gasteiger partial charge in [-0.3, -0.25) is 4.79 Å². The van der Waals surface area contributed by atoms with Gasteiger partial charge in [0.05, 0.1) is 17.7 Å². The van der Waals surface area contributed by atoms with Gasteiger partial charge in [0.15, 0.2) is 0 Å². The average Bonchev–Trinajstić information content (AvgIpc) is 2.90. The van der Waals surface area contributed by atoms with Gasteiger partial charge in [0, 0.05) is 21.6 Å². The third-order valence-corrected chi connectivity index (χ3v) is 4.42. The molecule has 0 radical (unpaired) electrons. The van der Waals surface area contributed by atoms with Crippen LogP contribution in [0.3, 0.4) is 0 Å². The molecular formula is C19H19ClN2O2. The van der Waals surface area contributed by atoms with Crippen molar-refractivity contribution in [1.29, 1.82) is 0 Å². The van der Waals surface area contributed by atoms with Crippen molar-refractivity contribution < 1.29 is 9.90 Å². The highest BCUT2D eigenvalue weighted by molar-refractivity contribution is 6.30. The second kappa shape index (κ2) is 6.67. The Labute approximate surface area is 145 Å². The molecule has 5 heteroatoms. The molecule has 0 bridgehead atoms. The van der Waals surface area contributed by atoms with Gasteiger partial charge in [-0.25, -0.2) is 0 Å². The SMILES string of the molecule is Cc1[nH]c2ccccc2c1C(=O)NC(C)C(O)c1ccc(Cl)cc1. The molecular weight excluding hydrogens is 324 g/mol. The lowest BCUT2D eigenvalue weighted by molar-refractivity contribution is 0.0853. The van der Waals surface area contributed by atoms with Gasteiger partial charge in [-0.05, 0) is 37.6 Å². The molecule has 3 aromatic rings. The van der Waals surface area contributed by atoms with Crippen LogP contribution in [0.5, 0.6) is 0 Å². The van der Waals surface area contributed by atoms with Gasteiger partial charge < -0.3 is 15.4 Å². The molecule has 0 saturated carbocycles. The van der Waals surface area contributed by atoms with Gasteiger partial charge in [-0.2, -0.15) is 0 Å². The van der Waals surface area contributed by atoms with E-state index in [-0.39, 0.29) is 5.91 Å². The Morgan fingerprint density at radius 3 is 2.54 bits per heavy atom. The van der Waals surface area contributed by atoms with Gasteiger partial charge in [0.25, 0.3) is 5.91 Å². The summed E-state index contributed by atoms with van der Waals surface area (Å²) < 4.78 is 0. The second-order valence-corrected chi connectivity index (χ2v) is 6.37. The number of amides is 1. The molecule has 124 valence electrons. The number of rotatable bonds is 4. The zero-order valence-corrected chi connectivity index (χ0v) is 14.3. The maximum absolute atomic E-state index is 12.7. The number of nitrogens with one attached hydrogen (secondary N) is 2. The monoisotopic (exact) mass is 342 g/mol. The van der Waals surface area contributed by atoms with E-state index in [1.807, 2.05) is 31.2 Å². The zero-order valence-electron chi connectivity index (χ0n) is 13.5. The Morgan fingerprint density at radius 1 is 1.17 bits per heavy atom. The van der Waals surface area contributed by atoms with E-state index in [2.05, 4.69) is 10.3 Å². The minimum atomic E-state index is -0.809. The van der Waals surface area contributed by atoms with E-state index in [1.54, 1.807) is 31.2 Å². The van der Waals surface area contributed by atoms with E-state index in [0.717, 1.165) is 16.6 Å². The molecule has 0 aliphatic carbocycles. The molecule has 3 N–H and O–H groups in total. The number of para-hydroxylation sites is 1. The number of H-pyrrole nitrogens is 1. The first-order valence-corrected chi connectivity index (χ1v) is 8.17. The molecule has 2 atom stereocenters. The third kappa shape index (κ3) is 3.16. The standard InChI is InChI=1S/C19H19ClN2O2/c1-11-17(15-5-3-4-6-16(15)21-11)19(24)22-12(2)18(23)13-7-9-14(20)10-8-13/h3-10,12,18,21,23H,1-2H3,(H,22,24). The van der Waals surface area contributed by atoms with E-state index < -0.39 is 12.1 Å². The van der Waals surface area contributed by atoms with Crippen LogP contribution in [0.25, 0.3) is 10.9 Å². The van der Waals surface area contributed by atoms with Crippen LogP contribution < -0.4 is 5.32 Å². The maximum atomic E-state index is 12.7. The fraction of sp³-hybridized carbons (Fsp3) is 0.211. The first kappa shape index (κ1) is 16.6. The van der Waals surface area contributed by atoms with E-state index >= 15 is 0 Å². The summed E-state index contributed by atoms with van der Waals surface area (Å²) in [6.45, 7) is 3.65. The Kier molecular flexibility index (Phi) is 4.60. The van der Waals surface area contributed by atoms with Crippen molar-refractivity contribution in [2.75, 3.05) is 0 Å². The molecule has 0 spiro atoms. The van der Waals surface area contributed by atoms with Gasteiger partial charge in [0.1, 0.15) is 0 Å². The lowest BCUT2D eigenvalue weighted by Gasteiger charge is -2.21. The Bertz CT molecular complexity index is 871. The van der Waals surface area contributed by atoms with Gasteiger partial charge >= 0.3 is 0 Å². The van der Waals surface area contributed by atoms with Crippen LogP contribution in [0.1, 0.15) is 34.6 Å². The van der Waals surface area contributed by atoms with Crippen molar-refractivity contribution in [3.63, 3.8) is 0 Å². The van der Waals surface area contributed by atoms with Crippen molar-refractivity contribution in [2.24, 2.45) is 0 Å². The molecule has 4 nitrogen and oxygen atoms in total. The van der Waals surface area contributed by atoms with Crippen LogP contribution in [-0.4, -0.2) is 22.0 Å². The number of fused-ring (bicyclic) bond motifs is 1. The van der Waals surface area contributed by atoms with Gasteiger partial charge in [0.2, 0.25) is 0 Å². The first-order chi connectivity index (χ1) is 11.5. The summed E-state index contributed by atoms with van der Waals surface area (Å²) in [5, 5.41) is 14.8. The molecule has 1 heterocycles. The number of aromatic nitrogens is 1. The number of carbonyl (C=O) groups excluding carboxylic acids is 1. The number of benzene rings is 2. The van der Waals surface area contributed by atoms with E-state index in [9.17, 15) is 9.90 Å². The lowest BCUT2D eigenvalue weighted by atomic mass is 10.0. The van der Waals surface area contributed by atoms with Crippen molar-refractivity contribution in [2.45, 2.75) is 26.0 Å². The average molecular weight is 343 g/mol.